The first-order chi connectivity index (χ1) is 13.9. The molecule has 1 aliphatic rings. The van der Waals surface area contributed by atoms with Gasteiger partial charge >= 0.3 is 0 Å². The molecule has 1 fully saturated rings. The Labute approximate surface area is 171 Å². The number of nitrogens with one attached hydrogen (secondary N) is 2. The molecule has 156 valence electrons. The summed E-state index contributed by atoms with van der Waals surface area (Å²) < 4.78 is 40.7. The summed E-state index contributed by atoms with van der Waals surface area (Å²) in [6, 6.07) is 12.7. The second kappa shape index (κ2) is 9.98. The highest BCUT2D eigenvalue weighted by molar-refractivity contribution is 7.89. The molecule has 2 aromatic rings. The van der Waals surface area contributed by atoms with E-state index in [2.05, 4.69) is 10.0 Å². The molecule has 0 atom stereocenters. The van der Waals surface area contributed by atoms with Crippen molar-refractivity contribution in [3.63, 3.8) is 0 Å². The van der Waals surface area contributed by atoms with Crippen LogP contribution >= 0.6 is 0 Å². The van der Waals surface area contributed by atoms with Gasteiger partial charge in [-0.25, -0.2) is 17.5 Å². The van der Waals surface area contributed by atoms with Gasteiger partial charge in [0.2, 0.25) is 15.9 Å². The third kappa shape index (κ3) is 6.65. The standard InChI is InChI=1S/C22H27FN2O3S/c23-19-11-6-18(7-12-19)16-24-22(26)15-10-17-8-13-21(14-9-17)29(27,28)25-20-4-2-1-3-5-20/h6-9,11-14,20,25H,1-5,10,15-16H2,(H,24,26). The van der Waals surface area contributed by atoms with Gasteiger partial charge in [-0.3, -0.25) is 4.79 Å². The predicted molar refractivity (Wildman–Crippen MR) is 110 cm³/mol. The molecular weight excluding hydrogens is 391 g/mol. The lowest BCUT2D eigenvalue weighted by Gasteiger charge is -2.22. The lowest BCUT2D eigenvalue weighted by Crippen LogP contribution is -2.36. The van der Waals surface area contributed by atoms with Crippen molar-refractivity contribution >= 4 is 15.9 Å². The highest BCUT2D eigenvalue weighted by atomic mass is 32.2. The molecule has 0 bridgehead atoms. The van der Waals surface area contributed by atoms with Gasteiger partial charge in [0.15, 0.2) is 0 Å². The zero-order valence-corrected chi connectivity index (χ0v) is 17.2. The Morgan fingerprint density at radius 3 is 2.21 bits per heavy atom. The third-order valence-electron chi connectivity index (χ3n) is 5.20. The first-order valence-electron chi connectivity index (χ1n) is 10.0. The molecule has 0 radical (unpaired) electrons. The molecule has 0 spiro atoms. The van der Waals surface area contributed by atoms with Crippen LogP contribution in [-0.4, -0.2) is 20.4 Å². The minimum Gasteiger partial charge on any atom is -0.352 e. The Hall–Kier alpha value is -2.25. The van der Waals surface area contributed by atoms with E-state index >= 15 is 0 Å². The van der Waals surface area contributed by atoms with Crippen LogP contribution in [0.4, 0.5) is 4.39 Å². The second-order valence-corrected chi connectivity index (χ2v) is 9.22. The molecular formula is C22H27FN2O3S. The number of aryl methyl sites for hydroxylation is 1. The van der Waals surface area contributed by atoms with Crippen LogP contribution in [0.2, 0.25) is 0 Å². The molecule has 0 saturated heterocycles. The summed E-state index contributed by atoms with van der Waals surface area (Å²) in [5.41, 5.74) is 1.73. The Morgan fingerprint density at radius 2 is 1.55 bits per heavy atom. The molecule has 1 amide bonds. The van der Waals surface area contributed by atoms with Gasteiger partial charge in [-0.15, -0.1) is 0 Å². The number of sulfonamides is 1. The van der Waals surface area contributed by atoms with Crippen molar-refractivity contribution in [3.05, 3.63) is 65.5 Å². The fourth-order valence-electron chi connectivity index (χ4n) is 3.49. The van der Waals surface area contributed by atoms with Crippen LogP contribution in [-0.2, 0) is 27.8 Å². The number of halogens is 1. The molecule has 1 aliphatic carbocycles. The van der Waals surface area contributed by atoms with Crippen LogP contribution in [0.25, 0.3) is 0 Å². The first kappa shape index (κ1) is 21.5. The van der Waals surface area contributed by atoms with E-state index in [-0.39, 0.29) is 22.7 Å². The molecule has 5 nitrogen and oxygen atoms in total. The predicted octanol–water partition coefficient (Wildman–Crippen LogP) is 3.69. The van der Waals surface area contributed by atoms with E-state index in [4.69, 9.17) is 0 Å². The fraction of sp³-hybridized carbons (Fsp3) is 0.409. The average molecular weight is 419 g/mol. The van der Waals surface area contributed by atoms with Crippen LogP contribution in [0.5, 0.6) is 0 Å². The van der Waals surface area contributed by atoms with Crippen molar-refractivity contribution in [2.45, 2.75) is 62.4 Å². The minimum atomic E-state index is -3.51. The molecule has 0 unspecified atom stereocenters. The van der Waals surface area contributed by atoms with Crippen molar-refractivity contribution in [3.8, 4) is 0 Å². The summed E-state index contributed by atoms with van der Waals surface area (Å²) in [4.78, 5) is 12.3. The maximum absolute atomic E-state index is 12.9. The molecule has 7 heteroatoms. The Kier molecular flexibility index (Phi) is 7.39. The number of amides is 1. The quantitative estimate of drug-likeness (QED) is 0.687. The highest BCUT2D eigenvalue weighted by Gasteiger charge is 2.21. The minimum absolute atomic E-state index is 0.0261. The smallest absolute Gasteiger partial charge is 0.240 e. The van der Waals surface area contributed by atoms with Gasteiger partial charge in [0.1, 0.15) is 5.82 Å². The second-order valence-electron chi connectivity index (χ2n) is 7.50. The van der Waals surface area contributed by atoms with E-state index in [1.54, 1.807) is 36.4 Å². The molecule has 1 saturated carbocycles. The zero-order chi connectivity index (χ0) is 20.7. The molecule has 2 aromatic carbocycles. The summed E-state index contributed by atoms with van der Waals surface area (Å²) in [5, 5.41) is 2.80. The number of hydrogen-bond acceptors (Lipinski definition) is 3. The summed E-state index contributed by atoms with van der Waals surface area (Å²) in [6.07, 6.45) is 5.91. The van der Waals surface area contributed by atoms with Crippen LogP contribution in [0.3, 0.4) is 0 Å². The summed E-state index contributed by atoms with van der Waals surface area (Å²) in [6.45, 7) is 0.350. The zero-order valence-electron chi connectivity index (χ0n) is 16.4. The Balaban J connectivity index is 1.47. The fourth-order valence-corrected chi connectivity index (χ4v) is 4.80. The molecule has 0 heterocycles. The van der Waals surface area contributed by atoms with Gasteiger partial charge in [-0.05, 0) is 54.7 Å². The van der Waals surface area contributed by atoms with E-state index in [1.165, 1.54) is 18.6 Å². The van der Waals surface area contributed by atoms with Crippen molar-refractivity contribution in [2.24, 2.45) is 0 Å². The van der Waals surface area contributed by atoms with Gasteiger partial charge in [-0.2, -0.15) is 0 Å². The van der Waals surface area contributed by atoms with Gasteiger partial charge in [0, 0.05) is 19.0 Å². The molecule has 3 rings (SSSR count). The topological polar surface area (TPSA) is 75.3 Å². The average Bonchev–Trinajstić information content (AvgIpc) is 2.72. The number of rotatable bonds is 8. The highest BCUT2D eigenvalue weighted by Crippen LogP contribution is 2.20. The number of carbonyl (C=O) groups excluding carboxylic acids is 1. The maximum atomic E-state index is 12.9. The van der Waals surface area contributed by atoms with Crippen molar-refractivity contribution in [1.29, 1.82) is 0 Å². The van der Waals surface area contributed by atoms with Crippen molar-refractivity contribution < 1.29 is 17.6 Å². The van der Waals surface area contributed by atoms with Crippen LogP contribution in [0.15, 0.2) is 53.4 Å². The number of benzene rings is 2. The number of hydrogen-bond donors (Lipinski definition) is 2. The van der Waals surface area contributed by atoms with E-state index in [1.807, 2.05) is 0 Å². The Bertz CT molecular complexity index is 906. The molecule has 29 heavy (non-hydrogen) atoms. The normalized spacial score (nSPS) is 15.2. The van der Waals surface area contributed by atoms with Crippen molar-refractivity contribution in [1.82, 2.24) is 10.0 Å². The van der Waals surface area contributed by atoms with E-state index in [9.17, 15) is 17.6 Å². The van der Waals surface area contributed by atoms with E-state index in [0.29, 0.717) is 19.4 Å². The van der Waals surface area contributed by atoms with E-state index < -0.39 is 10.0 Å². The van der Waals surface area contributed by atoms with Crippen LogP contribution in [0.1, 0.15) is 49.7 Å². The first-order valence-corrected chi connectivity index (χ1v) is 11.5. The van der Waals surface area contributed by atoms with Crippen LogP contribution < -0.4 is 10.0 Å². The Morgan fingerprint density at radius 1 is 0.931 bits per heavy atom. The summed E-state index contributed by atoms with van der Waals surface area (Å²) in [5.74, 6) is -0.413. The molecule has 0 aromatic heterocycles. The molecule has 0 aliphatic heterocycles. The maximum Gasteiger partial charge on any atom is 0.240 e. The summed E-state index contributed by atoms with van der Waals surface area (Å²) >= 11 is 0. The van der Waals surface area contributed by atoms with E-state index in [0.717, 1.165) is 36.8 Å². The lowest BCUT2D eigenvalue weighted by atomic mass is 9.96. The largest absolute Gasteiger partial charge is 0.352 e. The SMILES string of the molecule is O=C(CCc1ccc(S(=O)(=O)NC2CCCCC2)cc1)NCc1ccc(F)cc1. The van der Waals surface area contributed by atoms with Gasteiger partial charge in [-0.1, -0.05) is 43.5 Å². The monoisotopic (exact) mass is 418 g/mol. The van der Waals surface area contributed by atoms with Crippen molar-refractivity contribution in [2.75, 3.05) is 0 Å². The van der Waals surface area contributed by atoms with Gasteiger partial charge in [0.25, 0.3) is 0 Å². The lowest BCUT2D eigenvalue weighted by molar-refractivity contribution is -0.121. The summed E-state index contributed by atoms with van der Waals surface area (Å²) in [7, 11) is -3.51. The van der Waals surface area contributed by atoms with Gasteiger partial charge in [0.05, 0.1) is 4.90 Å². The molecule has 2 N–H and O–H groups in total. The van der Waals surface area contributed by atoms with Gasteiger partial charge < -0.3 is 5.32 Å². The number of carbonyl (C=O) groups is 1. The van der Waals surface area contributed by atoms with Crippen LogP contribution in [0, 0.1) is 5.82 Å². The third-order valence-corrected chi connectivity index (χ3v) is 6.74.